The van der Waals surface area contributed by atoms with Crippen LogP contribution in [0.5, 0.6) is 0 Å². The second-order valence-electron chi connectivity index (χ2n) is 5.93. The van der Waals surface area contributed by atoms with E-state index in [9.17, 15) is 9.59 Å². The summed E-state index contributed by atoms with van der Waals surface area (Å²) >= 11 is 0. The Kier molecular flexibility index (Phi) is 4.81. The quantitative estimate of drug-likeness (QED) is 0.865. The maximum absolute atomic E-state index is 12.8. The molecule has 0 atom stereocenters. The summed E-state index contributed by atoms with van der Waals surface area (Å²) in [6, 6.07) is 10.5. The maximum atomic E-state index is 12.8. The number of aromatic nitrogens is 1. The minimum Gasteiger partial charge on any atom is -0.322 e. The van der Waals surface area contributed by atoms with E-state index in [4.69, 9.17) is 0 Å². The Hall–Kier alpha value is -2.49. The van der Waals surface area contributed by atoms with Gasteiger partial charge in [-0.15, -0.1) is 0 Å². The number of pyridine rings is 1. The lowest BCUT2D eigenvalue weighted by atomic mass is 9.82. The van der Waals surface area contributed by atoms with Crippen molar-refractivity contribution in [3.63, 3.8) is 0 Å². The van der Waals surface area contributed by atoms with Crippen molar-refractivity contribution >= 4 is 17.4 Å². The molecule has 1 N–H and O–H groups in total. The molecule has 118 valence electrons. The van der Waals surface area contributed by atoms with Crippen molar-refractivity contribution in [1.29, 1.82) is 0 Å². The van der Waals surface area contributed by atoms with Gasteiger partial charge in [-0.05, 0) is 31.0 Å². The largest absolute Gasteiger partial charge is 0.322 e. The first kappa shape index (κ1) is 15.4. The van der Waals surface area contributed by atoms with Gasteiger partial charge in [0.25, 0.3) is 5.91 Å². The zero-order valence-corrected chi connectivity index (χ0v) is 13.0. The molecule has 0 unspecified atom stereocenters. The number of Topliss-reactive ketones (excluding diaryl/α,β-unsaturated/α-hetero) is 1. The monoisotopic (exact) mass is 308 g/mol. The first-order valence-corrected chi connectivity index (χ1v) is 8.10. The van der Waals surface area contributed by atoms with Crippen molar-refractivity contribution in [2.75, 3.05) is 5.32 Å². The molecular weight excluding hydrogens is 288 g/mol. The molecule has 1 aliphatic carbocycles. The van der Waals surface area contributed by atoms with Crippen molar-refractivity contribution < 1.29 is 9.59 Å². The van der Waals surface area contributed by atoms with Crippen LogP contribution in [-0.2, 0) is 0 Å². The molecule has 4 nitrogen and oxygen atoms in total. The summed E-state index contributed by atoms with van der Waals surface area (Å²) in [4.78, 5) is 29.3. The summed E-state index contributed by atoms with van der Waals surface area (Å²) < 4.78 is 0. The predicted molar refractivity (Wildman–Crippen MR) is 89.5 cm³/mol. The number of anilines is 1. The lowest BCUT2D eigenvalue weighted by Gasteiger charge is -2.21. The second kappa shape index (κ2) is 7.18. The Morgan fingerprint density at radius 3 is 2.26 bits per heavy atom. The summed E-state index contributed by atoms with van der Waals surface area (Å²) in [5.41, 5.74) is 1.65. The van der Waals surface area contributed by atoms with Crippen LogP contribution in [-0.4, -0.2) is 16.7 Å². The lowest BCUT2D eigenvalue weighted by Crippen LogP contribution is -2.22. The van der Waals surface area contributed by atoms with Gasteiger partial charge in [0, 0.05) is 29.6 Å². The third-order valence-electron chi connectivity index (χ3n) is 4.35. The number of amides is 1. The number of nitrogens with one attached hydrogen (secondary N) is 1. The molecule has 1 aromatic heterocycles. The highest BCUT2D eigenvalue weighted by atomic mass is 16.2. The van der Waals surface area contributed by atoms with Gasteiger partial charge in [-0.1, -0.05) is 37.5 Å². The van der Waals surface area contributed by atoms with Crippen LogP contribution in [0, 0.1) is 5.92 Å². The van der Waals surface area contributed by atoms with Crippen molar-refractivity contribution in [3.8, 4) is 0 Å². The fourth-order valence-corrected chi connectivity index (χ4v) is 3.11. The van der Waals surface area contributed by atoms with E-state index >= 15 is 0 Å². The number of carbonyl (C=O) groups is 2. The number of hydrogen-bond acceptors (Lipinski definition) is 3. The highest BCUT2D eigenvalue weighted by Gasteiger charge is 2.25. The van der Waals surface area contributed by atoms with Gasteiger partial charge in [0.1, 0.15) is 0 Å². The van der Waals surface area contributed by atoms with Crippen molar-refractivity contribution in [1.82, 2.24) is 4.98 Å². The van der Waals surface area contributed by atoms with Gasteiger partial charge < -0.3 is 5.32 Å². The lowest BCUT2D eigenvalue weighted by molar-refractivity contribution is 0.0881. The van der Waals surface area contributed by atoms with E-state index in [2.05, 4.69) is 10.3 Å². The Bertz CT molecular complexity index is 692. The Morgan fingerprint density at radius 2 is 1.57 bits per heavy atom. The van der Waals surface area contributed by atoms with Gasteiger partial charge in [0.05, 0.1) is 5.56 Å². The smallest absolute Gasteiger partial charge is 0.256 e. The van der Waals surface area contributed by atoms with Crippen LogP contribution in [0.1, 0.15) is 52.8 Å². The van der Waals surface area contributed by atoms with Gasteiger partial charge >= 0.3 is 0 Å². The van der Waals surface area contributed by atoms with Crippen molar-refractivity contribution in [2.45, 2.75) is 32.1 Å². The minimum atomic E-state index is -0.254. The summed E-state index contributed by atoms with van der Waals surface area (Å²) in [5, 5.41) is 2.83. The third-order valence-corrected chi connectivity index (χ3v) is 4.35. The molecule has 3 rings (SSSR count). The Balaban J connectivity index is 1.82. The summed E-state index contributed by atoms with van der Waals surface area (Å²) in [5.74, 6) is -0.0974. The van der Waals surface area contributed by atoms with Crippen molar-refractivity contribution in [3.05, 3.63) is 59.9 Å². The summed E-state index contributed by atoms with van der Waals surface area (Å²) in [6.07, 6.45) is 8.50. The van der Waals surface area contributed by atoms with E-state index in [0.717, 1.165) is 25.7 Å². The molecule has 1 saturated carbocycles. The van der Waals surface area contributed by atoms with Gasteiger partial charge in [-0.25, -0.2) is 0 Å². The number of nitrogens with zero attached hydrogens (tertiary/aromatic N) is 1. The second-order valence-corrected chi connectivity index (χ2v) is 5.93. The molecule has 1 amide bonds. The van der Waals surface area contributed by atoms with Crippen LogP contribution in [0.25, 0.3) is 0 Å². The highest BCUT2D eigenvalue weighted by Crippen LogP contribution is 2.28. The standard InChI is InChI=1S/C19H20N2O2/c22-18(14-6-2-1-3-7-14)16-8-4-5-9-17(16)19(23)21-15-10-12-20-13-11-15/h4-5,8-14H,1-3,6-7H2,(H,20,21,23). The molecule has 0 bridgehead atoms. The number of benzene rings is 1. The van der Waals surface area contributed by atoms with Crippen LogP contribution >= 0.6 is 0 Å². The molecule has 0 saturated heterocycles. The molecule has 1 aliphatic rings. The number of rotatable bonds is 4. The molecule has 1 heterocycles. The zero-order valence-electron chi connectivity index (χ0n) is 13.0. The minimum absolute atomic E-state index is 0.0543. The molecule has 1 fully saturated rings. The van der Waals surface area contributed by atoms with E-state index in [0.29, 0.717) is 16.8 Å². The van der Waals surface area contributed by atoms with Crippen LogP contribution in [0.3, 0.4) is 0 Å². The van der Waals surface area contributed by atoms with E-state index < -0.39 is 0 Å². The topological polar surface area (TPSA) is 59.1 Å². The molecule has 1 aromatic carbocycles. The summed E-state index contributed by atoms with van der Waals surface area (Å²) in [6.45, 7) is 0. The highest BCUT2D eigenvalue weighted by molar-refractivity contribution is 6.13. The van der Waals surface area contributed by atoms with Gasteiger partial charge in [-0.3, -0.25) is 14.6 Å². The SMILES string of the molecule is O=C(Nc1ccncc1)c1ccccc1C(=O)C1CCCCC1. The first-order chi connectivity index (χ1) is 11.3. The Morgan fingerprint density at radius 1 is 0.913 bits per heavy atom. The number of ketones is 1. The average Bonchev–Trinajstić information content (AvgIpc) is 2.62. The molecule has 0 spiro atoms. The maximum Gasteiger partial charge on any atom is 0.256 e. The van der Waals surface area contributed by atoms with Gasteiger partial charge in [0.15, 0.2) is 5.78 Å². The molecule has 0 radical (unpaired) electrons. The van der Waals surface area contributed by atoms with E-state index in [1.54, 1.807) is 42.7 Å². The van der Waals surface area contributed by atoms with Crippen LogP contribution < -0.4 is 5.32 Å². The van der Waals surface area contributed by atoms with E-state index in [1.165, 1.54) is 6.42 Å². The fourth-order valence-electron chi connectivity index (χ4n) is 3.11. The van der Waals surface area contributed by atoms with Gasteiger partial charge in [-0.2, -0.15) is 0 Å². The molecule has 23 heavy (non-hydrogen) atoms. The zero-order chi connectivity index (χ0) is 16.1. The average molecular weight is 308 g/mol. The number of carbonyl (C=O) groups excluding carboxylic acids is 2. The molecule has 2 aromatic rings. The Labute approximate surface area is 135 Å². The fraction of sp³-hybridized carbons (Fsp3) is 0.316. The van der Waals surface area contributed by atoms with Crippen molar-refractivity contribution in [2.24, 2.45) is 5.92 Å². The van der Waals surface area contributed by atoms with E-state index in [1.807, 2.05) is 6.07 Å². The third kappa shape index (κ3) is 3.65. The van der Waals surface area contributed by atoms with E-state index in [-0.39, 0.29) is 17.6 Å². The van der Waals surface area contributed by atoms with Crippen LogP contribution in [0.15, 0.2) is 48.8 Å². The number of hydrogen-bond donors (Lipinski definition) is 1. The molecule has 0 aliphatic heterocycles. The normalized spacial score (nSPS) is 15.1. The predicted octanol–water partition coefficient (Wildman–Crippen LogP) is 4.10. The molecular formula is C19H20N2O2. The molecule has 4 heteroatoms. The first-order valence-electron chi connectivity index (χ1n) is 8.10. The summed E-state index contributed by atoms with van der Waals surface area (Å²) in [7, 11) is 0. The van der Waals surface area contributed by atoms with Crippen LogP contribution in [0.4, 0.5) is 5.69 Å². The van der Waals surface area contributed by atoms with Gasteiger partial charge in [0.2, 0.25) is 0 Å². The van der Waals surface area contributed by atoms with Crippen LogP contribution in [0.2, 0.25) is 0 Å².